The Balaban J connectivity index is 1.25. The van der Waals surface area contributed by atoms with Gasteiger partial charge in [-0.05, 0) is 47.8 Å². The van der Waals surface area contributed by atoms with Gasteiger partial charge in [-0.2, -0.15) is 0 Å². The lowest BCUT2D eigenvalue weighted by Crippen LogP contribution is -2.49. The summed E-state index contributed by atoms with van der Waals surface area (Å²) < 4.78 is 13.0. The molecule has 0 spiro atoms. The Morgan fingerprint density at radius 3 is 2.38 bits per heavy atom. The van der Waals surface area contributed by atoms with Crippen LogP contribution in [0.25, 0.3) is 5.69 Å². The first-order valence-corrected chi connectivity index (χ1v) is 10.6. The SMILES string of the molecule is COc1ccc(OCCN2CCN(C(=O)c3sccc3-n3cccc3)CC2)cc1. The van der Waals surface area contributed by atoms with Crippen LogP contribution in [-0.4, -0.2) is 66.7 Å². The van der Waals surface area contributed by atoms with E-state index in [4.69, 9.17) is 9.47 Å². The predicted molar refractivity (Wildman–Crippen MR) is 114 cm³/mol. The normalized spacial score (nSPS) is 14.7. The monoisotopic (exact) mass is 411 g/mol. The van der Waals surface area contributed by atoms with Crippen LogP contribution in [0.2, 0.25) is 0 Å². The van der Waals surface area contributed by atoms with Gasteiger partial charge in [0.25, 0.3) is 5.91 Å². The molecule has 7 heteroatoms. The van der Waals surface area contributed by atoms with E-state index in [2.05, 4.69) is 4.90 Å². The molecule has 0 N–H and O–H groups in total. The Hall–Kier alpha value is -2.77. The summed E-state index contributed by atoms with van der Waals surface area (Å²) in [6.45, 7) is 4.68. The minimum Gasteiger partial charge on any atom is -0.497 e. The number of hydrogen-bond acceptors (Lipinski definition) is 5. The second-order valence-electron chi connectivity index (χ2n) is 6.88. The average Bonchev–Trinajstić information content (AvgIpc) is 3.46. The van der Waals surface area contributed by atoms with E-state index in [0.717, 1.165) is 54.8 Å². The highest BCUT2D eigenvalue weighted by Crippen LogP contribution is 2.24. The molecule has 2 aromatic heterocycles. The van der Waals surface area contributed by atoms with Crippen molar-refractivity contribution in [2.24, 2.45) is 0 Å². The van der Waals surface area contributed by atoms with Crippen LogP contribution < -0.4 is 9.47 Å². The van der Waals surface area contributed by atoms with E-state index in [9.17, 15) is 4.79 Å². The fraction of sp³-hybridized carbons (Fsp3) is 0.318. The molecule has 4 rings (SSSR count). The van der Waals surface area contributed by atoms with Crippen molar-refractivity contribution in [1.82, 2.24) is 14.4 Å². The van der Waals surface area contributed by atoms with Gasteiger partial charge in [-0.1, -0.05) is 0 Å². The van der Waals surface area contributed by atoms with Gasteiger partial charge in [0.05, 0.1) is 12.8 Å². The summed E-state index contributed by atoms with van der Waals surface area (Å²) >= 11 is 1.51. The zero-order chi connectivity index (χ0) is 20.1. The molecule has 1 aliphatic rings. The van der Waals surface area contributed by atoms with Crippen molar-refractivity contribution in [1.29, 1.82) is 0 Å². The van der Waals surface area contributed by atoms with Crippen molar-refractivity contribution in [2.75, 3.05) is 46.4 Å². The maximum Gasteiger partial charge on any atom is 0.266 e. The third-order valence-electron chi connectivity index (χ3n) is 5.12. The number of hydrogen-bond donors (Lipinski definition) is 0. The van der Waals surface area contributed by atoms with Crippen LogP contribution in [0.3, 0.4) is 0 Å². The van der Waals surface area contributed by atoms with Crippen molar-refractivity contribution >= 4 is 17.2 Å². The van der Waals surface area contributed by atoms with Crippen molar-refractivity contribution in [3.05, 3.63) is 65.1 Å². The average molecular weight is 412 g/mol. The number of carbonyl (C=O) groups is 1. The molecule has 152 valence electrons. The molecule has 0 atom stereocenters. The molecule has 3 aromatic rings. The Kier molecular flexibility index (Phi) is 6.17. The first-order valence-electron chi connectivity index (χ1n) is 9.74. The zero-order valence-corrected chi connectivity index (χ0v) is 17.3. The first-order chi connectivity index (χ1) is 14.2. The summed E-state index contributed by atoms with van der Waals surface area (Å²) in [5.74, 6) is 1.79. The smallest absolute Gasteiger partial charge is 0.266 e. The molecule has 1 saturated heterocycles. The van der Waals surface area contributed by atoms with Gasteiger partial charge in [0.1, 0.15) is 23.0 Å². The topological polar surface area (TPSA) is 46.9 Å². The van der Waals surface area contributed by atoms with Crippen molar-refractivity contribution in [3.63, 3.8) is 0 Å². The number of carbonyl (C=O) groups excluding carboxylic acids is 1. The lowest BCUT2D eigenvalue weighted by atomic mass is 10.2. The maximum absolute atomic E-state index is 13.0. The summed E-state index contributed by atoms with van der Waals surface area (Å²) in [5, 5.41) is 1.98. The molecule has 0 bridgehead atoms. The fourth-order valence-electron chi connectivity index (χ4n) is 3.44. The maximum atomic E-state index is 13.0. The van der Waals surface area contributed by atoms with Gasteiger partial charge in [0.15, 0.2) is 0 Å². The van der Waals surface area contributed by atoms with Crippen LogP contribution in [0.15, 0.2) is 60.2 Å². The number of rotatable bonds is 7. The Bertz CT molecular complexity index is 913. The summed E-state index contributed by atoms with van der Waals surface area (Å²) in [5.41, 5.74) is 0.959. The number of piperazine rings is 1. The molecular formula is C22H25N3O3S. The number of ether oxygens (including phenoxy) is 2. The van der Waals surface area contributed by atoms with E-state index >= 15 is 0 Å². The molecule has 1 amide bonds. The molecular weight excluding hydrogens is 386 g/mol. The summed E-state index contributed by atoms with van der Waals surface area (Å²) in [4.78, 5) is 18.1. The number of amides is 1. The Morgan fingerprint density at radius 1 is 1.00 bits per heavy atom. The molecule has 1 aromatic carbocycles. The summed E-state index contributed by atoms with van der Waals surface area (Å²) in [7, 11) is 1.65. The highest BCUT2D eigenvalue weighted by atomic mass is 32.1. The second-order valence-corrected chi connectivity index (χ2v) is 7.80. The molecule has 1 fully saturated rings. The van der Waals surface area contributed by atoms with E-state index in [1.165, 1.54) is 11.3 Å². The number of aromatic nitrogens is 1. The lowest BCUT2D eigenvalue weighted by molar-refractivity contribution is 0.0625. The quantitative estimate of drug-likeness (QED) is 0.598. The van der Waals surface area contributed by atoms with Gasteiger partial charge in [0, 0.05) is 45.1 Å². The highest BCUT2D eigenvalue weighted by molar-refractivity contribution is 7.12. The second kappa shape index (κ2) is 9.15. The molecule has 3 heterocycles. The molecule has 0 unspecified atom stereocenters. The third kappa shape index (κ3) is 4.63. The number of methoxy groups -OCH3 is 1. The standard InChI is InChI=1S/C22H25N3O3S/c1-27-18-4-6-19(7-5-18)28-16-15-23-11-13-25(14-12-23)22(26)21-20(8-17-29-21)24-9-2-3-10-24/h2-10,17H,11-16H2,1H3. The van der Waals surface area contributed by atoms with Crippen molar-refractivity contribution < 1.29 is 14.3 Å². The van der Waals surface area contributed by atoms with Crippen LogP contribution in [0.4, 0.5) is 0 Å². The van der Waals surface area contributed by atoms with E-state index < -0.39 is 0 Å². The minimum absolute atomic E-state index is 0.123. The van der Waals surface area contributed by atoms with Crippen molar-refractivity contribution in [3.8, 4) is 17.2 Å². The largest absolute Gasteiger partial charge is 0.497 e. The molecule has 1 aliphatic heterocycles. The van der Waals surface area contributed by atoms with Gasteiger partial charge in [-0.15, -0.1) is 11.3 Å². The van der Waals surface area contributed by atoms with Gasteiger partial charge in [-0.25, -0.2) is 0 Å². The van der Waals surface area contributed by atoms with E-state index in [0.29, 0.717) is 6.61 Å². The number of thiophene rings is 1. The predicted octanol–water partition coefficient (Wildman–Crippen LogP) is 3.38. The van der Waals surface area contributed by atoms with Crippen molar-refractivity contribution in [2.45, 2.75) is 0 Å². The highest BCUT2D eigenvalue weighted by Gasteiger charge is 2.25. The molecule has 0 radical (unpaired) electrons. The summed E-state index contributed by atoms with van der Waals surface area (Å²) in [6, 6.07) is 13.6. The molecule has 0 aliphatic carbocycles. The molecule has 29 heavy (non-hydrogen) atoms. The number of benzene rings is 1. The minimum atomic E-state index is 0.123. The van der Waals surface area contributed by atoms with E-state index in [1.54, 1.807) is 7.11 Å². The lowest BCUT2D eigenvalue weighted by Gasteiger charge is -2.34. The zero-order valence-electron chi connectivity index (χ0n) is 16.5. The van der Waals surface area contributed by atoms with Crippen LogP contribution in [0.5, 0.6) is 11.5 Å². The van der Waals surface area contributed by atoms with Crippen LogP contribution in [-0.2, 0) is 0 Å². The first kappa shape index (κ1) is 19.5. The Labute approximate surface area is 174 Å². The fourth-order valence-corrected chi connectivity index (χ4v) is 4.30. The van der Waals surface area contributed by atoms with Gasteiger partial charge < -0.3 is 18.9 Å². The summed E-state index contributed by atoms with van der Waals surface area (Å²) in [6.07, 6.45) is 3.94. The van der Waals surface area contributed by atoms with Gasteiger partial charge in [-0.3, -0.25) is 9.69 Å². The van der Waals surface area contributed by atoms with Gasteiger partial charge >= 0.3 is 0 Å². The third-order valence-corrected chi connectivity index (χ3v) is 6.01. The van der Waals surface area contributed by atoms with E-state index in [1.807, 2.05) is 69.7 Å². The molecule has 6 nitrogen and oxygen atoms in total. The van der Waals surface area contributed by atoms with Crippen LogP contribution >= 0.6 is 11.3 Å². The van der Waals surface area contributed by atoms with Gasteiger partial charge in [0.2, 0.25) is 0 Å². The van der Waals surface area contributed by atoms with Crippen LogP contribution in [0, 0.1) is 0 Å². The Morgan fingerprint density at radius 2 is 1.69 bits per heavy atom. The van der Waals surface area contributed by atoms with E-state index in [-0.39, 0.29) is 5.91 Å². The molecule has 0 saturated carbocycles. The number of nitrogens with zero attached hydrogens (tertiary/aromatic N) is 3. The van der Waals surface area contributed by atoms with Crippen LogP contribution in [0.1, 0.15) is 9.67 Å².